The minimum Gasteiger partial charge on any atom is -0.464 e. The van der Waals surface area contributed by atoms with Crippen molar-refractivity contribution in [2.45, 2.75) is 18.7 Å². The molecule has 8 heteroatoms. The van der Waals surface area contributed by atoms with E-state index in [4.69, 9.17) is 54.1 Å². The summed E-state index contributed by atoms with van der Waals surface area (Å²) in [5.41, 5.74) is 3.79. The van der Waals surface area contributed by atoms with E-state index in [1.54, 1.807) is 6.07 Å². The van der Waals surface area contributed by atoms with Gasteiger partial charge in [0.1, 0.15) is 5.75 Å². The summed E-state index contributed by atoms with van der Waals surface area (Å²) in [5, 5.41) is 8.55. The predicted molar refractivity (Wildman–Crippen MR) is 120 cm³/mol. The zero-order chi connectivity index (χ0) is 21.1. The highest BCUT2D eigenvalue weighted by Crippen LogP contribution is 2.49. The van der Waals surface area contributed by atoms with E-state index >= 15 is 0 Å². The van der Waals surface area contributed by atoms with Crippen molar-refractivity contribution >= 4 is 40.5 Å². The van der Waals surface area contributed by atoms with Crippen LogP contribution in [0.4, 0.5) is 0 Å². The van der Waals surface area contributed by atoms with Gasteiger partial charge in [-0.1, -0.05) is 40.9 Å². The number of ether oxygens (including phenoxy) is 3. The normalized spacial score (nSPS) is 20.7. The summed E-state index contributed by atoms with van der Waals surface area (Å²) in [6.45, 7) is 0.235. The summed E-state index contributed by atoms with van der Waals surface area (Å²) >= 11 is 18.7. The predicted octanol–water partition coefficient (Wildman–Crippen LogP) is 6.62. The fraction of sp³-hybridized carbons (Fsp3) is 0.174. The van der Waals surface area contributed by atoms with Crippen molar-refractivity contribution in [3.8, 4) is 17.2 Å². The summed E-state index contributed by atoms with van der Waals surface area (Å²) in [6.07, 6.45) is 0.258. The molecule has 3 aliphatic heterocycles. The average Bonchev–Trinajstić information content (AvgIpc) is 3.42. The molecule has 0 bridgehead atoms. The number of fused-ring (bicyclic) bond motifs is 4. The molecule has 3 aromatic carbocycles. The molecule has 3 aromatic rings. The van der Waals surface area contributed by atoms with Crippen LogP contribution in [0.2, 0.25) is 15.1 Å². The summed E-state index contributed by atoms with van der Waals surface area (Å²) in [4.78, 5) is 0. The Morgan fingerprint density at radius 3 is 2.55 bits per heavy atom. The summed E-state index contributed by atoms with van der Waals surface area (Å²) in [6, 6.07) is 17.0. The van der Waals surface area contributed by atoms with Crippen LogP contribution in [0.15, 0.2) is 59.7 Å². The van der Waals surface area contributed by atoms with Crippen LogP contribution < -0.4 is 14.2 Å². The molecule has 3 heterocycles. The Morgan fingerprint density at radius 2 is 1.68 bits per heavy atom. The second kappa shape index (κ2) is 7.23. The smallest absolute Gasteiger partial charge is 0.231 e. The van der Waals surface area contributed by atoms with Crippen LogP contribution in [0.3, 0.4) is 0 Å². The summed E-state index contributed by atoms with van der Waals surface area (Å²) in [5.74, 6) is 2.25. The molecule has 0 aromatic heterocycles. The third-order valence-electron chi connectivity index (χ3n) is 5.69. The Morgan fingerprint density at radius 1 is 0.839 bits per heavy atom. The molecule has 2 atom stereocenters. The first-order valence-corrected chi connectivity index (χ1v) is 10.9. The van der Waals surface area contributed by atoms with Crippen molar-refractivity contribution in [3.05, 3.63) is 86.4 Å². The van der Waals surface area contributed by atoms with Crippen molar-refractivity contribution in [2.24, 2.45) is 5.10 Å². The van der Waals surface area contributed by atoms with E-state index in [-0.39, 0.29) is 12.8 Å². The van der Waals surface area contributed by atoms with Gasteiger partial charge in [0.25, 0.3) is 0 Å². The van der Waals surface area contributed by atoms with E-state index in [1.807, 2.05) is 53.5 Å². The number of hydrogen-bond donors (Lipinski definition) is 0. The number of benzene rings is 3. The molecule has 0 spiro atoms. The molecule has 0 amide bonds. The number of rotatable bonds is 2. The quantitative estimate of drug-likeness (QED) is 0.420. The molecule has 0 radical (unpaired) electrons. The molecular formula is C23H15Cl3N2O3. The van der Waals surface area contributed by atoms with Crippen LogP contribution in [-0.2, 0) is 0 Å². The van der Waals surface area contributed by atoms with Crippen LogP contribution in [0.1, 0.15) is 35.4 Å². The highest BCUT2D eigenvalue weighted by atomic mass is 35.5. The standard InChI is InChI=1S/C23H15Cl3N2O3/c24-14-3-6-20-15(9-14)19-10-18(12-2-5-21-22(8-12)30-11-29-21)27-28(19)23(31-20)13-1-4-16(25)17(26)7-13/h1-9,19,23H,10-11H2/t19-,23-/m1/s1. The fourth-order valence-corrected chi connectivity index (χ4v) is 4.68. The van der Waals surface area contributed by atoms with E-state index in [9.17, 15) is 0 Å². The lowest BCUT2D eigenvalue weighted by atomic mass is 9.95. The Kier molecular flexibility index (Phi) is 4.46. The molecule has 5 nitrogen and oxygen atoms in total. The zero-order valence-corrected chi connectivity index (χ0v) is 18.3. The average molecular weight is 474 g/mol. The Balaban J connectivity index is 1.44. The highest BCUT2D eigenvalue weighted by molar-refractivity contribution is 6.42. The van der Waals surface area contributed by atoms with Crippen LogP contribution in [0, 0.1) is 0 Å². The molecule has 0 unspecified atom stereocenters. The first kappa shape index (κ1) is 19.1. The van der Waals surface area contributed by atoms with Crippen molar-refractivity contribution < 1.29 is 14.2 Å². The van der Waals surface area contributed by atoms with Gasteiger partial charge in [-0.05, 0) is 48.5 Å². The molecule has 0 aliphatic carbocycles. The second-order valence-electron chi connectivity index (χ2n) is 7.54. The van der Waals surface area contributed by atoms with Crippen molar-refractivity contribution in [1.29, 1.82) is 0 Å². The lowest BCUT2D eigenvalue weighted by Crippen LogP contribution is -2.33. The van der Waals surface area contributed by atoms with Crippen molar-refractivity contribution in [2.75, 3.05) is 6.79 Å². The van der Waals surface area contributed by atoms with Gasteiger partial charge in [-0.15, -0.1) is 0 Å². The monoisotopic (exact) mass is 472 g/mol. The van der Waals surface area contributed by atoms with E-state index in [2.05, 4.69) is 0 Å². The second-order valence-corrected chi connectivity index (χ2v) is 8.79. The van der Waals surface area contributed by atoms with Gasteiger partial charge in [0, 0.05) is 28.1 Å². The molecular weight excluding hydrogens is 459 g/mol. The SMILES string of the molecule is Clc1ccc2c(c1)[C@H]1CC(c3ccc4c(c3)OCO4)=NN1[C@@H](c1ccc(Cl)c(Cl)c1)O2. The van der Waals surface area contributed by atoms with Gasteiger partial charge in [-0.25, -0.2) is 5.01 Å². The largest absolute Gasteiger partial charge is 0.464 e. The fourth-order valence-electron chi connectivity index (χ4n) is 4.19. The zero-order valence-electron chi connectivity index (χ0n) is 16.0. The van der Waals surface area contributed by atoms with Gasteiger partial charge in [0.05, 0.1) is 21.8 Å². The maximum Gasteiger partial charge on any atom is 0.231 e. The third-order valence-corrected chi connectivity index (χ3v) is 6.66. The number of halogens is 3. The molecule has 0 saturated carbocycles. The van der Waals surface area contributed by atoms with Gasteiger partial charge in [0.15, 0.2) is 11.5 Å². The van der Waals surface area contributed by atoms with Crippen LogP contribution in [0.5, 0.6) is 17.2 Å². The van der Waals surface area contributed by atoms with Crippen molar-refractivity contribution in [3.63, 3.8) is 0 Å². The van der Waals surface area contributed by atoms with E-state index < -0.39 is 6.23 Å². The van der Waals surface area contributed by atoms with E-state index in [0.29, 0.717) is 21.5 Å². The van der Waals surface area contributed by atoms with E-state index in [0.717, 1.165) is 39.7 Å². The summed E-state index contributed by atoms with van der Waals surface area (Å²) < 4.78 is 17.3. The van der Waals surface area contributed by atoms with Gasteiger partial charge >= 0.3 is 0 Å². The van der Waals surface area contributed by atoms with Gasteiger partial charge in [-0.3, -0.25) is 0 Å². The molecule has 156 valence electrons. The Hall–Kier alpha value is -2.60. The maximum absolute atomic E-state index is 6.35. The van der Waals surface area contributed by atoms with Crippen LogP contribution in [0.25, 0.3) is 0 Å². The lowest BCUT2D eigenvalue weighted by molar-refractivity contribution is -0.0190. The lowest BCUT2D eigenvalue weighted by Gasteiger charge is -2.38. The van der Waals surface area contributed by atoms with Crippen LogP contribution >= 0.6 is 34.8 Å². The molecule has 3 aliphatic rings. The van der Waals surface area contributed by atoms with Gasteiger partial charge < -0.3 is 14.2 Å². The van der Waals surface area contributed by atoms with Crippen LogP contribution in [-0.4, -0.2) is 17.5 Å². The minimum absolute atomic E-state index is 0.0256. The first-order chi connectivity index (χ1) is 15.1. The Labute approximate surface area is 193 Å². The number of hydrazone groups is 1. The summed E-state index contributed by atoms with van der Waals surface area (Å²) in [7, 11) is 0. The highest BCUT2D eigenvalue weighted by Gasteiger charge is 2.41. The molecule has 31 heavy (non-hydrogen) atoms. The minimum atomic E-state index is -0.444. The van der Waals surface area contributed by atoms with Gasteiger partial charge in [0.2, 0.25) is 13.0 Å². The third kappa shape index (κ3) is 3.19. The van der Waals surface area contributed by atoms with E-state index in [1.165, 1.54) is 0 Å². The van der Waals surface area contributed by atoms with Crippen molar-refractivity contribution in [1.82, 2.24) is 5.01 Å². The molecule has 6 rings (SSSR count). The Bertz CT molecular complexity index is 1250. The van der Waals surface area contributed by atoms with Gasteiger partial charge in [-0.2, -0.15) is 5.10 Å². The number of nitrogens with zero attached hydrogens (tertiary/aromatic N) is 2. The topological polar surface area (TPSA) is 43.3 Å². The molecule has 0 N–H and O–H groups in total. The first-order valence-electron chi connectivity index (χ1n) is 9.74. The molecule has 0 fully saturated rings. The molecule has 0 saturated heterocycles. The maximum atomic E-state index is 6.35. The number of hydrogen-bond acceptors (Lipinski definition) is 5.